The third kappa shape index (κ3) is 2.43. The number of benzene rings is 2. The first-order chi connectivity index (χ1) is 8.41. The van der Waals surface area contributed by atoms with Crippen molar-refractivity contribution in [1.82, 2.24) is 0 Å². The molecule has 2 heteroatoms. The maximum absolute atomic E-state index is 6.47. The first-order valence-electron chi connectivity index (χ1n) is 6.04. The van der Waals surface area contributed by atoms with Gasteiger partial charge in [-0.25, -0.2) is 0 Å². The highest BCUT2D eigenvalue weighted by Gasteiger charge is 2.23. The fourth-order valence-corrected chi connectivity index (χ4v) is 2.16. The zero-order chi connectivity index (χ0) is 13.3. The van der Waals surface area contributed by atoms with Gasteiger partial charge < -0.3 is 5.73 Å². The standard InChI is InChI=1S/C16H18ClN/c1-11-4-7-13(8-5-11)16(3,18)14-9-6-12(2)15(17)10-14/h4-10H,18H2,1-3H3. The van der Waals surface area contributed by atoms with E-state index in [1.807, 2.05) is 32.0 Å². The van der Waals surface area contributed by atoms with E-state index in [0.717, 1.165) is 21.7 Å². The van der Waals surface area contributed by atoms with Gasteiger partial charge >= 0.3 is 0 Å². The first-order valence-corrected chi connectivity index (χ1v) is 6.42. The predicted octanol–water partition coefficient (Wildman–Crippen LogP) is 4.18. The average molecular weight is 260 g/mol. The molecular weight excluding hydrogens is 242 g/mol. The summed E-state index contributed by atoms with van der Waals surface area (Å²) in [6.07, 6.45) is 0. The van der Waals surface area contributed by atoms with Crippen LogP contribution in [-0.4, -0.2) is 0 Å². The van der Waals surface area contributed by atoms with E-state index < -0.39 is 5.54 Å². The van der Waals surface area contributed by atoms with Crippen molar-refractivity contribution < 1.29 is 0 Å². The van der Waals surface area contributed by atoms with Crippen molar-refractivity contribution >= 4 is 11.6 Å². The van der Waals surface area contributed by atoms with Crippen LogP contribution >= 0.6 is 11.6 Å². The van der Waals surface area contributed by atoms with Gasteiger partial charge in [0.1, 0.15) is 0 Å². The highest BCUT2D eigenvalue weighted by molar-refractivity contribution is 6.31. The lowest BCUT2D eigenvalue weighted by atomic mass is 9.85. The summed E-state index contributed by atoms with van der Waals surface area (Å²) in [6, 6.07) is 14.3. The lowest BCUT2D eigenvalue weighted by molar-refractivity contribution is 0.603. The van der Waals surface area contributed by atoms with E-state index >= 15 is 0 Å². The average Bonchev–Trinajstić information content (AvgIpc) is 2.33. The zero-order valence-electron chi connectivity index (χ0n) is 11.0. The Morgan fingerprint density at radius 2 is 1.50 bits per heavy atom. The van der Waals surface area contributed by atoms with Crippen LogP contribution < -0.4 is 5.73 Å². The molecule has 1 nitrogen and oxygen atoms in total. The van der Waals surface area contributed by atoms with E-state index in [0.29, 0.717) is 0 Å². The van der Waals surface area contributed by atoms with Gasteiger partial charge in [0.2, 0.25) is 0 Å². The summed E-state index contributed by atoms with van der Waals surface area (Å²) < 4.78 is 0. The van der Waals surface area contributed by atoms with Crippen molar-refractivity contribution in [3.8, 4) is 0 Å². The van der Waals surface area contributed by atoms with Gasteiger partial charge in [0.25, 0.3) is 0 Å². The van der Waals surface area contributed by atoms with Gasteiger partial charge in [-0.15, -0.1) is 0 Å². The minimum atomic E-state index is -0.523. The van der Waals surface area contributed by atoms with Gasteiger partial charge in [-0.3, -0.25) is 0 Å². The molecular formula is C16H18ClN. The molecule has 0 aliphatic heterocycles. The maximum atomic E-state index is 6.47. The number of aryl methyl sites for hydroxylation is 2. The van der Waals surface area contributed by atoms with Gasteiger partial charge in [0.05, 0.1) is 5.54 Å². The molecule has 1 atom stereocenters. The van der Waals surface area contributed by atoms with Gasteiger partial charge in [-0.2, -0.15) is 0 Å². The van der Waals surface area contributed by atoms with E-state index in [9.17, 15) is 0 Å². The minimum Gasteiger partial charge on any atom is -0.318 e. The van der Waals surface area contributed by atoms with Gasteiger partial charge in [0, 0.05) is 5.02 Å². The summed E-state index contributed by atoms with van der Waals surface area (Å²) in [5, 5.41) is 0.760. The fraction of sp³-hybridized carbons (Fsp3) is 0.250. The molecule has 2 aromatic rings. The molecule has 2 aromatic carbocycles. The van der Waals surface area contributed by atoms with E-state index in [1.54, 1.807) is 0 Å². The number of rotatable bonds is 2. The second-order valence-electron chi connectivity index (χ2n) is 5.03. The van der Waals surface area contributed by atoms with Crippen LogP contribution in [0.25, 0.3) is 0 Å². The molecule has 0 aliphatic carbocycles. The summed E-state index contributed by atoms with van der Waals surface area (Å²) in [7, 11) is 0. The molecule has 0 amide bonds. The van der Waals surface area contributed by atoms with E-state index in [4.69, 9.17) is 17.3 Å². The predicted molar refractivity (Wildman–Crippen MR) is 78.0 cm³/mol. The highest BCUT2D eigenvalue weighted by atomic mass is 35.5. The molecule has 94 valence electrons. The van der Waals surface area contributed by atoms with Crippen molar-refractivity contribution in [1.29, 1.82) is 0 Å². The van der Waals surface area contributed by atoms with E-state index in [-0.39, 0.29) is 0 Å². The monoisotopic (exact) mass is 259 g/mol. The molecule has 0 saturated heterocycles. The Labute approximate surface area is 114 Å². The van der Waals surface area contributed by atoms with Crippen molar-refractivity contribution in [2.45, 2.75) is 26.3 Å². The summed E-state index contributed by atoms with van der Waals surface area (Å²) >= 11 is 6.18. The van der Waals surface area contributed by atoms with Crippen molar-refractivity contribution in [2.75, 3.05) is 0 Å². The van der Waals surface area contributed by atoms with Crippen LogP contribution in [0.2, 0.25) is 5.02 Å². The molecule has 0 heterocycles. The summed E-state index contributed by atoms with van der Waals surface area (Å²) in [4.78, 5) is 0. The van der Waals surface area contributed by atoms with Crippen LogP contribution in [0.5, 0.6) is 0 Å². The highest BCUT2D eigenvalue weighted by Crippen LogP contribution is 2.29. The van der Waals surface area contributed by atoms with E-state index in [2.05, 4.69) is 31.2 Å². The van der Waals surface area contributed by atoms with Crippen LogP contribution in [0.1, 0.15) is 29.2 Å². The topological polar surface area (TPSA) is 26.0 Å². The number of hydrogen-bond acceptors (Lipinski definition) is 1. The second kappa shape index (κ2) is 4.75. The zero-order valence-corrected chi connectivity index (χ0v) is 11.8. The molecule has 0 aliphatic rings. The molecule has 18 heavy (non-hydrogen) atoms. The van der Waals surface area contributed by atoms with Crippen LogP contribution in [0.4, 0.5) is 0 Å². The smallest absolute Gasteiger partial charge is 0.0637 e. The first kappa shape index (κ1) is 13.1. The Morgan fingerprint density at radius 1 is 0.944 bits per heavy atom. The molecule has 0 saturated carbocycles. The second-order valence-corrected chi connectivity index (χ2v) is 5.44. The Morgan fingerprint density at radius 3 is 2.06 bits per heavy atom. The fourth-order valence-electron chi connectivity index (χ4n) is 1.98. The van der Waals surface area contributed by atoms with Gasteiger partial charge in [-0.1, -0.05) is 53.6 Å². The largest absolute Gasteiger partial charge is 0.318 e. The third-order valence-corrected chi connectivity index (χ3v) is 3.83. The SMILES string of the molecule is Cc1ccc(C(C)(N)c2ccc(C)c(Cl)c2)cc1. The normalized spacial score (nSPS) is 14.3. The molecule has 0 radical (unpaired) electrons. The summed E-state index contributed by atoms with van der Waals surface area (Å²) in [5.74, 6) is 0. The Balaban J connectivity index is 2.46. The van der Waals surface area contributed by atoms with Crippen LogP contribution in [0.15, 0.2) is 42.5 Å². The summed E-state index contributed by atoms with van der Waals surface area (Å²) in [6.45, 7) is 6.07. The molecule has 0 spiro atoms. The third-order valence-electron chi connectivity index (χ3n) is 3.42. The Hall–Kier alpha value is -1.31. The Kier molecular flexibility index (Phi) is 3.47. The quantitative estimate of drug-likeness (QED) is 0.860. The maximum Gasteiger partial charge on any atom is 0.0637 e. The van der Waals surface area contributed by atoms with Gasteiger partial charge in [-0.05, 0) is 43.5 Å². The van der Waals surface area contributed by atoms with Gasteiger partial charge in [0.15, 0.2) is 0 Å². The molecule has 0 fully saturated rings. The van der Waals surface area contributed by atoms with Crippen LogP contribution in [-0.2, 0) is 5.54 Å². The molecule has 2 rings (SSSR count). The molecule has 0 bridgehead atoms. The number of halogens is 1. The van der Waals surface area contributed by atoms with Crippen molar-refractivity contribution in [2.24, 2.45) is 5.73 Å². The molecule has 1 unspecified atom stereocenters. The molecule has 0 aromatic heterocycles. The minimum absolute atomic E-state index is 0.523. The lowest BCUT2D eigenvalue weighted by Crippen LogP contribution is -2.34. The van der Waals surface area contributed by atoms with Crippen LogP contribution in [0.3, 0.4) is 0 Å². The van der Waals surface area contributed by atoms with Crippen molar-refractivity contribution in [3.05, 3.63) is 69.7 Å². The lowest BCUT2D eigenvalue weighted by Gasteiger charge is -2.26. The Bertz CT molecular complexity index is 556. The summed E-state index contributed by atoms with van der Waals surface area (Å²) in [5.41, 5.74) is 10.4. The number of nitrogens with two attached hydrogens (primary N) is 1. The number of hydrogen-bond donors (Lipinski definition) is 1. The van der Waals surface area contributed by atoms with Crippen molar-refractivity contribution in [3.63, 3.8) is 0 Å². The van der Waals surface area contributed by atoms with E-state index in [1.165, 1.54) is 5.56 Å². The molecule has 2 N–H and O–H groups in total. The van der Waals surface area contributed by atoms with Crippen LogP contribution in [0, 0.1) is 13.8 Å².